The van der Waals surface area contributed by atoms with Crippen LogP contribution in [-0.2, 0) is 14.3 Å². The number of likely N-dealkylation sites (tertiary alicyclic amines) is 1. The van der Waals surface area contributed by atoms with E-state index in [0.717, 1.165) is 16.0 Å². The molecule has 4 aliphatic heterocycles. The number of hydrogen-bond acceptors (Lipinski definition) is 12. The zero-order valence-electron chi connectivity index (χ0n) is 21.9. The Balaban J connectivity index is 1.26. The molecule has 14 nitrogen and oxygen atoms in total. The lowest BCUT2D eigenvalue weighted by Crippen LogP contribution is -2.77. The highest BCUT2D eigenvalue weighted by molar-refractivity contribution is 6.02. The van der Waals surface area contributed by atoms with Crippen molar-refractivity contribution in [3.63, 3.8) is 0 Å². The summed E-state index contributed by atoms with van der Waals surface area (Å²) in [5.41, 5.74) is 12.0. The van der Waals surface area contributed by atoms with Gasteiger partial charge in [0.2, 0.25) is 17.6 Å². The molecule has 3 amide bonds. The Morgan fingerprint density at radius 3 is 2.20 bits per heavy atom. The molecule has 0 aromatic heterocycles. The van der Waals surface area contributed by atoms with Crippen LogP contribution >= 0.6 is 0 Å². The zero-order chi connectivity index (χ0) is 28.9. The second-order valence-corrected chi connectivity index (χ2v) is 10.4. The van der Waals surface area contributed by atoms with Crippen LogP contribution in [0.2, 0.25) is 0 Å². The van der Waals surface area contributed by atoms with Crippen LogP contribution in [-0.4, -0.2) is 92.6 Å². The summed E-state index contributed by atoms with van der Waals surface area (Å²) in [5.74, 6) is -3.74. The third-order valence-corrected chi connectivity index (χ3v) is 8.05. The first-order valence-electron chi connectivity index (χ1n) is 13.2. The molecule has 214 valence electrons. The minimum absolute atomic E-state index is 0.0816. The Hall–Kier alpha value is -4.69. The first kappa shape index (κ1) is 26.5. The van der Waals surface area contributed by atoms with Crippen molar-refractivity contribution < 1.29 is 29.3 Å². The fourth-order valence-corrected chi connectivity index (χ4v) is 6.12. The van der Waals surface area contributed by atoms with E-state index in [1.54, 1.807) is 0 Å². The summed E-state index contributed by atoms with van der Waals surface area (Å²) >= 11 is 0. The van der Waals surface area contributed by atoms with Crippen molar-refractivity contribution in [2.24, 2.45) is 21.5 Å². The number of guanidine groups is 2. The molecule has 2 saturated heterocycles. The van der Waals surface area contributed by atoms with Crippen LogP contribution in [0.5, 0.6) is 0 Å². The van der Waals surface area contributed by atoms with Gasteiger partial charge in [-0.1, -0.05) is 60.7 Å². The van der Waals surface area contributed by atoms with Crippen molar-refractivity contribution >= 4 is 29.8 Å². The van der Waals surface area contributed by atoms with Crippen molar-refractivity contribution in [3.8, 4) is 0 Å². The number of rotatable bonds is 6. The third-order valence-electron chi connectivity index (χ3n) is 8.05. The Bertz CT molecular complexity index is 1380. The topological polar surface area (TPSA) is 208 Å². The quantitative estimate of drug-likeness (QED) is 0.181. The van der Waals surface area contributed by atoms with Crippen LogP contribution in [0, 0.1) is 0 Å². The standard InChI is InChI=1S/C27H30N8O6/c28-23-32-22-17(13-34-19(36)11-12-20(34)37)30-24(29)35-14-18(27(39,40)26(22,35)33-23)41-25(38)31-21(15-7-3-1-4-8-15)16-9-5-2-6-10-16/h1-10,17-18,21-22,39-40H,11-14H2,(H2,29,30)(H,31,38)(H3,28,32,33)/t17?,18?,22-,26-/m0/s1. The van der Waals surface area contributed by atoms with Crippen molar-refractivity contribution in [3.05, 3.63) is 71.8 Å². The van der Waals surface area contributed by atoms with Crippen LogP contribution in [0.25, 0.3) is 0 Å². The Labute approximate surface area is 234 Å². The molecule has 2 unspecified atom stereocenters. The predicted octanol–water partition coefficient (Wildman–Crippen LogP) is -1.30. The number of nitrogens with zero attached hydrogens (tertiary/aromatic N) is 4. The molecule has 0 radical (unpaired) electrons. The highest BCUT2D eigenvalue weighted by Crippen LogP contribution is 2.46. The first-order chi connectivity index (χ1) is 19.6. The number of alkyl carbamates (subject to hydrolysis) is 1. The molecular formula is C27H30N8O6. The number of ether oxygens (including phenoxy) is 1. The van der Waals surface area contributed by atoms with Gasteiger partial charge in [0.1, 0.15) is 6.04 Å². The van der Waals surface area contributed by atoms with Gasteiger partial charge < -0.3 is 42.0 Å². The van der Waals surface area contributed by atoms with Crippen LogP contribution in [0.3, 0.4) is 0 Å². The maximum absolute atomic E-state index is 13.3. The molecule has 4 aliphatic rings. The Morgan fingerprint density at radius 2 is 1.61 bits per heavy atom. The molecule has 8 N–H and O–H groups in total. The fraction of sp³-hybridized carbons (Fsp3) is 0.370. The van der Waals surface area contributed by atoms with Crippen molar-refractivity contribution in [1.29, 1.82) is 0 Å². The number of nitrogens with two attached hydrogens (primary N) is 2. The summed E-state index contributed by atoms with van der Waals surface area (Å²) in [5, 5.41) is 28.8. The molecule has 4 atom stereocenters. The van der Waals surface area contributed by atoms with Crippen molar-refractivity contribution in [2.45, 2.75) is 48.5 Å². The monoisotopic (exact) mass is 562 g/mol. The van der Waals surface area contributed by atoms with Gasteiger partial charge in [-0.25, -0.2) is 14.8 Å². The minimum atomic E-state index is -2.77. The molecule has 2 aromatic carbocycles. The van der Waals surface area contributed by atoms with E-state index in [4.69, 9.17) is 16.2 Å². The fourth-order valence-electron chi connectivity index (χ4n) is 6.12. The van der Waals surface area contributed by atoms with Gasteiger partial charge in [0.05, 0.1) is 25.2 Å². The van der Waals surface area contributed by atoms with Gasteiger partial charge in [-0.05, 0) is 11.1 Å². The van der Waals surface area contributed by atoms with Crippen LogP contribution < -0.4 is 22.1 Å². The van der Waals surface area contributed by atoms with Gasteiger partial charge in [0.25, 0.3) is 0 Å². The van der Waals surface area contributed by atoms with Gasteiger partial charge in [-0.15, -0.1) is 0 Å². The van der Waals surface area contributed by atoms with Crippen LogP contribution in [0.1, 0.15) is 30.0 Å². The maximum Gasteiger partial charge on any atom is 0.408 e. The van der Waals surface area contributed by atoms with E-state index < -0.39 is 41.8 Å². The van der Waals surface area contributed by atoms with E-state index in [-0.39, 0.29) is 49.7 Å². The second kappa shape index (κ2) is 9.74. The number of nitrogens with one attached hydrogen (secondary N) is 2. The van der Waals surface area contributed by atoms with E-state index in [2.05, 4.69) is 20.6 Å². The molecule has 14 heteroatoms. The van der Waals surface area contributed by atoms with Gasteiger partial charge in [-0.3, -0.25) is 14.5 Å². The first-order valence-corrected chi connectivity index (χ1v) is 13.2. The summed E-state index contributed by atoms with van der Waals surface area (Å²) in [6, 6.07) is 15.9. The number of imide groups is 1. The summed E-state index contributed by atoms with van der Waals surface area (Å²) in [6.07, 6.45) is -2.26. The number of hydrogen-bond donors (Lipinski definition) is 6. The maximum atomic E-state index is 13.3. The minimum Gasteiger partial charge on any atom is -0.438 e. The largest absolute Gasteiger partial charge is 0.438 e. The van der Waals surface area contributed by atoms with Crippen molar-refractivity contribution in [2.75, 3.05) is 13.1 Å². The highest BCUT2D eigenvalue weighted by atomic mass is 16.6. The van der Waals surface area contributed by atoms with E-state index in [9.17, 15) is 24.6 Å². The smallest absolute Gasteiger partial charge is 0.408 e. The van der Waals surface area contributed by atoms with E-state index in [1.807, 2.05) is 60.7 Å². The summed E-state index contributed by atoms with van der Waals surface area (Å²) in [6.45, 7) is -0.424. The summed E-state index contributed by atoms with van der Waals surface area (Å²) in [7, 11) is 0. The predicted molar refractivity (Wildman–Crippen MR) is 145 cm³/mol. The van der Waals surface area contributed by atoms with Crippen LogP contribution in [0.15, 0.2) is 70.6 Å². The number of aliphatic imine (C=N–C) groups is 2. The zero-order valence-corrected chi connectivity index (χ0v) is 21.9. The molecule has 0 saturated carbocycles. The molecule has 2 aromatic rings. The van der Waals surface area contributed by atoms with E-state index in [1.165, 1.54) is 4.90 Å². The number of benzene rings is 2. The van der Waals surface area contributed by atoms with Crippen LogP contribution in [0.4, 0.5) is 4.79 Å². The summed E-state index contributed by atoms with van der Waals surface area (Å²) in [4.78, 5) is 49.0. The molecule has 0 aliphatic carbocycles. The van der Waals surface area contributed by atoms with Gasteiger partial charge >= 0.3 is 6.09 Å². The third kappa shape index (κ3) is 4.22. The van der Waals surface area contributed by atoms with E-state index in [0.29, 0.717) is 0 Å². The molecule has 41 heavy (non-hydrogen) atoms. The van der Waals surface area contributed by atoms with E-state index >= 15 is 0 Å². The normalized spacial score (nSPS) is 28.1. The Kier molecular flexibility index (Phi) is 6.31. The lowest BCUT2D eigenvalue weighted by Gasteiger charge is -2.48. The number of aliphatic hydroxyl groups is 2. The lowest BCUT2D eigenvalue weighted by atomic mass is 9.85. The molecule has 4 heterocycles. The molecule has 2 fully saturated rings. The van der Waals surface area contributed by atoms with Gasteiger partial charge in [0.15, 0.2) is 23.7 Å². The molecule has 6 rings (SSSR count). The molecular weight excluding hydrogens is 532 g/mol. The van der Waals surface area contributed by atoms with Crippen molar-refractivity contribution in [1.82, 2.24) is 20.4 Å². The average molecular weight is 563 g/mol. The number of amides is 3. The number of carbonyl (C=O) groups excluding carboxylic acids is 3. The second-order valence-electron chi connectivity index (χ2n) is 10.4. The average Bonchev–Trinajstić information content (AvgIpc) is 3.55. The lowest BCUT2D eigenvalue weighted by molar-refractivity contribution is -0.256. The number of carbonyl (C=O) groups is 3. The SMILES string of the molecule is NC1=N[C@H]2C(CN3C(=O)CCC3=O)N=C(N)N3CC(OC(=O)NC(c4ccccc4)c4ccccc4)C(O)(O)[C@]23N1. The highest BCUT2D eigenvalue weighted by Gasteiger charge is 2.74. The molecule has 1 spiro atoms. The van der Waals surface area contributed by atoms with Gasteiger partial charge in [0, 0.05) is 12.8 Å². The Morgan fingerprint density at radius 1 is 1.02 bits per heavy atom. The van der Waals surface area contributed by atoms with Gasteiger partial charge in [-0.2, -0.15) is 0 Å². The summed E-state index contributed by atoms with van der Waals surface area (Å²) < 4.78 is 5.63. The molecule has 0 bridgehead atoms.